The first kappa shape index (κ1) is 12.9. The highest BCUT2D eigenvalue weighted by atomic mass is 16.5. The zero-order valence-corrected chi connectivity index (χ0v) is 11.4. The molecule has 2 unspecified atom stereocenters. The molecule has 0 spiro atoms. The molecule has 0 radical (unpaired) electrons. The van der Waals surface area contributed by atoms with Crippen LogP contribution in [-0.4, -0.2) is 25.9 Å². The van der Waals surface area contributed by atoms with E-state index in [4.69, 9.17) is 9.47 Å². The minimum absolute atomic E-state index is 0.221. The first-order chi connectivity index (χ1) is 9.43. The Bertz CT molecular complexity index is 395. The molecule has 2 heterocycles. The van der Waals surface area contributed by atoms with Crippen LogP contribution in [0.5, 0.6) is 5.75 Å². The first-order valence-electron chi connectivity index (χ1n) is 7.50. The van der Waals surface area contributed by atoms with Crippen LogP contribution in [0.3, 0.4) is 0 Å². The Hall–Kier alpha value is -1.06. The second-order valence-corrected chi connectivity index (χ2v) is 5.50. The number of ether oxygens (including phenoxy) is 2. The third-order valence-corrected chi connectivity index (χ3v) is 4.02. The topological polar surface area (TPSA) is 30.5 Å². The largest absolute Gasteiger partial charge is 0.488 e. The Morgan fingerprint density at radius 3 is 2.84 bits per heavy atom. The van der Waals surface area contributed by atoms with Crippen molar-refractivity contribution in [2.75, 3.05) is 19.8 Å². The van der Waals surface area contributed by atoms with Crippen LogP contribution in [0, 0.1) is 0 Å². The molecule has 3 nitrogen and oxygen atoms in total. The van der Waals surface area contributed by atoms with Crippen LogP contribution in [0.4, 0.5) is 0 Å². The summed E-state index contributed by atoms with van der Waals surface area (Å²) in [4.78, 5) is 0. The summed E-state index contributed by atoms with van der Waals surface area (Å²) in [5, 5.41) is 3.60. The van der Waals surface area contributed by atoms with Crippen LogP contribution in [0.2, 0.25) is 0 Å². The Morgan fingerprint density at radius 1 is 1.11 bits per heavy atom. The summed E-state index contributed by atoms with van der Waals surface area (Å²) in [6.45, 7) is 2.73. The molecular formula is C16H23NO2. The fraction of sp³-hybridized carbons (Fsp3) is 0.625. The molecule has 2 aliphatic rings. The smallest absolute Gasteiger partial charge is 0.124 e. The predicted octanol–water partition coefficient (Wildman–Crippen LogP) is 3.06. The highest BCUT2D eigenvalue weighted by Gasteiger charge is 2.21. The number of nitrogens with one attached hydrogen (secondary N) is 1. The molecule has 1 aromatic carbocycles. The molecule has 19 heavy (non-hydrogen) atoms. The number of piperidine rings is 1. The third kappa shape index (κ3) is 3.28. The quantitative estimate of drug-likeness (QED) is 0.907. The molecule has 3 heteroatoms. The second-order valence-electron chi connectivity index (χ2n) is 5.50. The Labute approximate surface area is 115 Å². The van der Waals surface area contributed by atoms with Crippen LogP contribution in [0.15, 0.2) is 24.3 Å². The molecule has 2 atom stereocenters. The summed E-state index contributed by atoms with van der Waals surface area (Å²) in [5.74, 6) is 1.04. The van der Waals surface area contributed by atoms with Gasteiger partial charge in [0.15, 0.2) is 0 Å². The average Bonchev–Trinajstić information content (AvgIpc) is 2.50. The van der Waals surface area contributed by atoms with Crippen LogP contribution in [0.1, 0.15) is 43.7 Å². The fourth-order valence-electron chi connectivity index (χ4n) is 2.98. The van der Waals surface area contributed by atoms with Crippen molar-refractivity contribution in [1.82, 2.24) is 5.32 Å². The van der Waals surface area contributed by atoms with Gasteiger partial charge in [-0.1, -0.05) is 24.6 Å². The molecule has 0 saturated carbocycles. The zero-order valence-electron chi connectivity index (χ0n) is 11.4. The summed E-state index contributed by atoms with van der Waals surface area (Å²) < 4.78 is 11.7. The average molecular weight is 261 g/mol. The van der Waals surface area contributed by atoms with Crippen molar-refractivity contribution in [2.45, 2.75) is 44.2 Å². The number of rotatable bonds is 3. The normalized spacial score (nSPS) is 28.0. The molecule has 2 fully saturated rings. The Morgan fingerprint density at radius 2 is 2.05 bits per heavy atom. The molecule has 0 bridgehead atoms. The summed E-state index contributed by atoms with van der Waals surface area (Å²) in [7, 11) is 0. The van der Waals surface area contributed by atoms with Gasteiger partial charge in [-0.25, -0.2) is 0 Å². The van der Waals surface area contributed by atoms with Crippen molar-refractivity contribution in [2.24, 2.45) is 0 Å². The van der Waals surface area contributed by atoms with Gasteiger partial charge in [-0.05, 0) is 38.3 Å². The van der Waals surface area contributed by atoms with E-state index in [-0.39, 0.29) is 6.10 Å². The van der Waals surface area contributed by atoms with Crippen LogP contribution < -0.4 is 10.1 Å². The molecule has 1 aromatic rings. The maximum Gasteiger partial charge on any atom is 0.124 e. The van der Waals surface area contributed by atoms with E-state index in [0.717, 1.165) is 38.3 Å². The lowest BCUT2D eigenvalue weighted by molar-refractivity contribution is 0.00677. The molecule has 0 aliphatic carbocycles. The third-order valence-electron chi connectivity index (χ3n) is 4.02. The fourth-order valence-corrected chi connectivity index (χ4v) is 2.98. The standard InChI is InChI=1S/C16H23NO2/c1-2-9-16(19-13-6-5-11-18-12-13)14(7-1)15-8-3-4-10-17-15/h1-2,7,9,13,15,17H,3-6,8,10-12H2. The maximum atomic E-state index is 6.17. The Balaban J connectivity index is 1.72. The van der Waals surface area contributed by atoms with Gasteiger partial charge in [0.2, 0.25) is 0 Å². The summed E-state index contributed by atoms with van der Waals surface area (Å²) in [5.41, 5.74) is 1.31. The molecule has 2 aliphatic heterocycles. The summed E-state index contributed by atoms with van der Waals surface area (Å²) >= 11 is 0. The van der Waals surface area contributed by atoms with Crippen molar-refractivity contribution in [1.29, 1.82) is 0 Å². The lowest BCUT2D eigenvalue weighted by atomic mass is 9.97. The van der Waals surface area contributed by atoms with Gasteiger partial charge < -0.3 is 14.8 Å². The van der Waals surface area contributed by atoms with Gasteiger partial charge in [0.1, 0.15) is 11.9 Å². The van der Waals surface area contributed by atoms with E-state index < -0.39 is 0 Å². The van der Waals surface area contributed by atoms with Gasteiger partial charge in [0.25, 0.3) is 0 Å². The van der Waals surface area contributed by atoms with Gasteiger partial charge >= 0.3 is 0 Å². The van der Waals surface area contributed by atoms with E-state index in [1.165, 1.54) is 24.8 Å². The van der Waals surface area contributed by atoms with E-state index >= 15 is 0 Å². The Kier molecular flexibility index (Phi) is 4.36. The minimum Gasteiger partial charge on any atom is -0.488 e. The van der Waals surface area contributed by atoms with E-state index in [9.17, 15) is 0 Å². The first-order valence-corrected chi connectivity index (χ1v) is 7.50. The number of hydrogen-bond donors (Lipinski definition) is 1. The van der Waals surface area contributed by atoms with Crippen molar-refractivity contribution >= 4 is 0 Å². The highest BCUT2D eigenvalue weighted by molar-refractivity contribution is 5.36. The number of para-hydroxylation sites is 1. The van der Waals surface area contributed by atoms with Crippen molar-refractivity contribution in [3.05, 3.63) is 29.8 Å². The van der Waals surface area contributed by atoms with Crippen LogP contribution in [0.25, 0.3) is 0 Å². The van der Waals surface area contributed by atoms with Crippen LogP contribution in [-0.2, 0) is 4.74 Å². The van der Waals surface area contributed by atoms with Crippen molar-refractivity contribution < 1.29 is 9.47 Å². The SMILES string of the molecule is c1ccc(C2CCCCN2)c(OC2CCCOC2)c1. The minimum atomic E-state index is 0.221. The predicted molar refractivity (Wildman–Crippen MR) is 75.5 cm³/mol. The maximum absolute atomic E-state index is 6.17. The monoisotopic (exact) mass is 261 g/mol. The van der Waals surface area contributed by atoms with E-state index in [0.29, 0.717) is 6.04 Å². The van der Waals surface area contributed by atoms with Gasteiger partial charge in [-0.2, -0.15) is 0 Å². The number of benzene rings is 1. The number of hydrogen-bond acceptors (Lipinski definition) is 3. The van der Waals surface area contributed by atoms with Crippen LogP contribution >= 0.6 is 0 Å². The van der Waals surface area contributed by atoms with Crippen molar-refractivity contribution in [3.63, 3.8) is 0 Å². The lowest BCUT2D eigenvalue weighted by Gasteiger charge is -2.28. The van der Waals surface area contributed by atoms with Gasteiger partial charge in [0.05, 0.1) is 6.61 Å². The van der Waals surface area contributed by atoms with E-state index in [2.05, 4.69) is 29.6 Å². The highest BCUT2D eigenvalue weighted by Crippen LogP contribution is 2.31. The van der Waals surface area contributed by atoms with E-state index in [1.54, 1.807) is 0 Å². The van der Waals surface area contributed by atoms with Crippen molar-refractivity contribution in [3.8, 4) is 5.75 Å². The summed E-state index contributed by atoms with van der Waals surface area (Å²) in [6.07, 6.45) is 6.23. The van der Waals surface area contributed by atoms with Gasteiger partial charge in [0, 0.05) is 18.2 Å². The second kappa shape index (κ2) is 6.40. The molecule has 104 valence electrons. The molecule has 0 aromatic heterocycles. The summed E-state index contributed by atoms with van der Waals surface area (Å²) in [6, 6.07) is 8.91. The molecule has 1 N–H and O–H groups in total. The van der Waals surface area contributed by atoms with Gasteiger partial charge in [-0.3, -0.25) is 0 Å². The zero-order chi connectivity index (χ0) is 12.9. The molecular weight excluding hydrogens is 238 g/mol. The molecule has 0 amide bonds. The molecule has 3 rings (SSSR count). The van der Waals surface area contributed by atoms with E-state index in [1.807, 2.05) is 0 Å². The lowest BCUT2D eigenvalue weighted by Crippen LogP contribution is -2.30. The molecule has 2 saturated heterocycles. The van der Waals surface area contributed by atoms with Gasteiger partial charge in [-0.15, -0.1) is 0 Å².